The normalized spacial score (nSPS) is 14.7. The predicted molar refractivity (Wildman–Crippen MR) is 125 cm³/mol. The maximum Gasteiger partial charge on any atom is 0.407 e. The van der Waals surface area contributed by atoms with E-state index >= 15 is 0 Å². The van der Waals surface area contributed by atoms with Gasteiger partial charge in [-0.3, -0.25) is 9.69 Å². The lowest BCUT2D eigenvalue weighted by Crippen LogP contribution is -2.43. The monoisotopic (exact) mass is 438 g/mol. The highest BCUT2D eigenvalue weighted by atomic mass is 16.5. The Labute approximate surface area is 190 Å². The number of carbonyl (C=O) groups excluding carboxylic acids is 2. The van der Waals surface area contributed by atoms with Gasteiger partial charge < -0.3 is 20.3 Å². The van der Waals surface area contributed by atoms with Gasteiger partial charge in [-0.2, -0.15) is 0 Å². The third-order valence-electron chi connectivity index (χ3n) is 5.55. The second-order valence-corrected chi connectivity index (χ2v) is 8.27. The molecule has 2 aromatic carbocycles. The average Bonchev–Trinajstić information content (AvgIpc) is 2.81. The van der Waals surface area contributed by atoms with Crippen LogP contribution < -0.4 is 10.6 Å². The first kappa shape index (κ1) is 23.8. The summed E-state index contributed by atoms with van der Waals surface area (Å²) >= 11 is 0. The van der Waals surface area contributed by atoms with Gasteiger partial charge in [0.1, 0.15) is 6.61 Å². The quantitative estimate of drug-likeness (QED) is 0.558. The first-order valence-electron chi connectivity index (χ1n) is 11.3. The fourth-order valence-corrected chi connectivity index (χ4v) is 3.60. The number of piperazine rings is 1. The molecule has 2 aromatic rings. The van der Waals surface area contributed by atoms with Gasteiger partial charge in [-0.05, 0) is 30.2 Å². The van der Waals surface area contributed by atoms with Gasteiger partial charge in [0.2, 0.25) is 5.91 Å². The number of rotatable bonds is 10. The van der Waals surface area contributed by atoms with E-state index in [-0.39, 0.29) is 12.5 Å². The van der Waals surface area contributed by atoms with Gasteiger partial charge in [0.25, 0.3) is 0 Å². The SMILES string of the molecule is CN1CCN(Cc2cccc(CNC(=O)CCCNC(=O)OCc3ccccc3)c2)CC1. The molecule has 0 saturated carbocycles. The van der Waals surface area contributed by atoms with Crippen molar-refractivity contribution in [3.63, 3.8) is 0 Å². The summed E-state index contributed by atoms with van der Waals surface area (Å²) in [5.41, 5.74) is 3.32. The Kier molecular flexibility index (Phi) is 9.53. The minimum Gasteiger partial charge on any atom is -0.445 e. The molecule has 3 rings (SSSR count). The molecule has 1 saturated heterocycles. The van der Waals surface area contributed by atoms with Crippen molar-refractivity contribution in [2.24, 2.45) is 0 Å². The lowest BCUT2D eigenvalue weighted by molar-refractivity contribution is -0.121. The van der Waals surface area contributed by atoms with Crippen LogP contribution >= 0.6 is 0 Å². The molecule has 2 amide bonds. The summed E-state index contributed by atoms with van der Waals surface area (Å²) < 4.78 is 5.15. The van der Waals surface area contributed by atoms with Crippen LogP contribution in [0.2, 0.25) is 0 Å². The molecule has 0 radical (unpaired) electrons. The molecule has 1 aliphatic rings. The first-order chi connectivity index (χ1) is 15.6. The van der Waals surface area contributed by atoms with Crippen LogP contribution in [0.4, 0.5) is 4.79 Å². The average molecular weight is 439 g/mol. The lowest BCUT2D eigenvalue weighted by atomic mass is 10.1. The molecule has 7 heteroatoms. The number of nitrogens with zero attached hydrogens (tertiary/aromatic N) is 2. The zero-order chi connectivity index (χ0) is 22.6. The summed E-state index contributed by atoms with van der Waals surface area (Å²) in [5.74, 6) is -0.0195. The van der Waals surface area contributed by atoms with Crippen molar-refractivity contribution in [1.29, 1.82) is 0 Å². The number of likely N-dealkylation sites (N-methyl/N-ethyl adjacent to an activating group) is 1. The molecule has 2 N–H and O–H groups in total. The van der Waals surface area contributed by atoms with Crippen molar-refractivity contribution in [2.45, 2.75) is 32.5 Å². The van der Waals surface area contributed by atoms with Crippen molar-refractivity contribution in [3.05, 3.63) is 71.3 Å². The standard InChI is InChI=1S/C25H34N4O3/c1-28-13-15-29(16-14-28)19-23-10-5-9-22(17-23)18-27-24(30)11-6-12-26-25(31)32-20-21-7-3-2-4-8-21/h2-5,7-10,17H,6,11-16,18-20H2,1H3,(H,26,31)(H,27,30). The zero-order valence-electron chi connectivity index (χ0n) is 18.9. The fourth-order valence-electron chi connectivity index (χ4n) is 3.60. The topological polar surface area (TPSA) is 73.9 Å². The van der Waals surface area contributed by atoms with Crippen LogP contribution in [-0.4, -0.2) is 61.6 Å². The van der Waals surface area contributed by atoms with Crippen molar-refractivity contribution in [1.82, 2.24) is 20.4 Å². The Hall–Kier alpha value is -2.90. The molecule has 0 unspecified atom stereocenters. The van der Waals surface area contributed by atoms with E-state index in [1.165, 1.54) is 5.56 Å². The number of hydrogen-bond donors (Lipinski definition) is 2. The van der Waals surface area contributed by atoms with E-state index in [1.54, 1.807) is 0 Å². The minimum absolute atomic E-state index is 0.0195. The van der Waals surface area contributed by atoms with E-state index in [0.717, 1.165) is 43.9 Å². The van der Waals surface area contributed by atoms with Crippen LogP contribution in [0, 0.1) is 0 Å². The fraction of sp³-hybridized carbons (Fsp3) is 0.440. The minimum atomic E-state index is -0.466. The predicted octanol–water partition coefficient (Wildman–Crippen LogP) is 2.76. The molecule has 1 fully saturated rings. The molecular formula is C25H34N4O3. The number of ether oxygens (including phenoxy) is 1. The molecule has 0 aromatic heterocycles. The van der Waals surface area contributed by atoms with E-state index < -0.39 is 6.09 Å². The van der Waals surface area contributed by atoms with Crippen LogP contribution in [0.25, 0.3) is 0 Å². The lowest BCUT2D eigenvalue weighted by Gasteiger charge is -2.32. The summed E-state index contributed by atoms with van der Waals surface area (Å²) in [6.07, 6.45) is 0.460. The third kappa shape index (κ3) is 8.69. The number of nitrogens with one attached hydrogen (secondary N) is 2. The highest BCUT2D eigenvalue weighted by Crippen LogP contribution is 2.10. The molecule has 0 atom stereocenters. The molecular weight excluding hydrogens is 404 g/mol. The largest absolute Gasteiger partial charge is 0.445 e. The van der Waals surface area contributed by atoms with Crippen LogP contribution in [-0.2, 0) is 29.2 Å². The second kappa shape index (κ2) is 12.8. The number of benzene rings is 2. The molecule has 1 heterocycles. The second-order valence-electron chi connectivity index (χ2n) is 8.27. The summed E-state index contributed by atoms with van der Waals surface area (Å²) in [6, 6.07) is 17.9. The van der Waals surface area contributed by atoms with Crippen molar-refractivity contribution < 1.29 is 14.3 Å². The highest BCUT2D eigenvalue weighted by molar-refractivity contribution is 5.76. The van der Waals surface area contributed by atoms with Gasteiger partial charge >= 0.3 is 6.09 Å². The van der Waals surface area contributed by atoms with E-state index in [4.69, 9.17) is 4.74 Å². The van der Waals surface area contributed by atoms with Crippen molar-refractivity contribution in [3.8, 4) is 0 Å². The van der Waals surface area contributed by atoms with E-state index in [9.17, 15) is 9.59 Å². The van der Waals surface area contributed by atoms with Gasteiger partial charge in [-0.25, -0.2) is 4.79 Å². The summed E-state index contributed by atoms with van der Waals surface area (Å²) in [4.78, 5) is 28.7. The highest BCUT2D eigenvalue weighted by Gasteiger charge is 2.14. The molecule has 32 heavy (non-hydrogen) atoms. The van der Waals surface area contributed by atoms with Crippen molar-refractivity contribution in [2.75, 3.05) is 39.8 Å². The Morgan fingerprint density at radius 2 is 1.62 bits per heavy atom. The van der Waals surface area contributed by atoms with Gasteiger partial charge in [-0.1, -0.05) is 54.6 Å². The molecule has 7 nitrogen and oxygen atoms in total. The van der Waals surface area contributed by atoms with Crippen LogP contribution in [0.1, 0.15) is 29.5 Å². The molecule has 1 aliphatic heterocycles. The number of alkyl carbamates (subject to hydrolysis) is 1. The first-order valence-corrected chi connectivity index (χ1v) is 11.3. The molecule has 172 valence electrons. The smallest absolute Gasteiger partial charge is 0.407 e. The summed E-state index contributed by atoms with van der Waals surface area (Å²) in [7, 11) is 2.16. The Morgan fingerprint density at radius 1 is 0.906 bits per heavy atom. The maximum atomic E-state index is 12.1. The number of carbonyl (C=O) groups is 2. The van der Waals surface area contributed by atoms with E-state index in [2.05, 4.69) is 45.7 Å². The third-order valence-corrected chi connectivity index (χ3v) is 5.55. The number of hydrogen-bond acceptors (Lipinski definition) is 5. The van der Waals surface area contributed by atoms with Gasteiger partial charge in [0, 0.05) is 52.2 Å². The van der Waals surface area contributed by atoms with Gasteiger partial charge in [-0.15, -0.1) is 0 Å². The molecule has 0 bridgehead atoms. The van der Waals surface area contributed by atoms with Crippen LogP contribution in [0.5, 0.6) is 0 Å². The Balaban J connectivity index is 1.28. The zero-order valence-corrected chi connectivity index (χ0v) is 18.9. The van der Waals surface area contributed by atoms with Gasteiger partial charge in [0.15, 0.2) is 0 Å². The summed E-state index contributed by atoms with van der Waals surface area (Å²) in [6.45, 7) is 6.49. The number of amides is 2. The van der Waals surface area contributed by atoms with Gasteiger partial charge in [0.05, 0.1) is 0 Å². The maximum absolute atomic E-state index is 12.1. The van der Waals surface area contributed by atoms with E-state index in [1.807, 2.05) is 36.4 Å². The van der Waals surface area contributed by atoms with E-state index in [0.29, 0.717) is 25.9 Å². The summed E-state index contributed by atoms with van der Waals surface area (Å²) in [5, 5.41) is 5.65. The van der Waals surface area contributed by atoms with Crippen LogP contribution in [0.15, 0.2) is 54.6 Å². The molecule has 0 aliphatic carbocycles. The Morgan fingerprint density at radius 3 is 2.41 bits per heavy atom. The Bertz CT molecular complexity index is 851. The van der Waals surface area contributed by atoms with Crippen LogP contribution in [0.3, 0.4) is 0 Å². The van der Waals surface area contributed by atoms with Crippen molar-refractivity contribution >= 4 is 12.0 Å². The molecule has 0 spiro atoms.